The van der Waals surface area contributed by atoms with E-state index >= 15 is 0 Å². The van der Waals surface area contributed by atoms with E-state index in [0.29, 0.717) is 0 Å². The predicted octanol–water partition coefficient (Wildman–Crippen LogP) is 0.726. The molecule has 0 bridgehead atoms. The average Bonchev–Trinajstić information content (AvgIpc) is 2.44. The number of hydrogen-bond acceptors (Lipinski definition) is 4. The zero-order valence-corrected chi connectivity index (χ0v) is 12.7. The first kappa shape index (κ1) is 17.0. The van der Waals surface area contributed by atoms with Gasteiger partial charge in [0.05, 0.1) is 25.2 Å². The molecule has 0 fully saturated rings. The molecule has 4 N–H and O–H groups in total. The number of rotatable bonds is 7. The highest BCUT2D eigenvalue weighted by Crippen LogP contribution is 2.25. The van der Waals surface area contributed by atoms with E-state index in [1.165, 1.54) is 0 Å². The lowest BCUT2D eigenvalue weighted by Crippen LogP contribution is -2.40. The van der Waals surface area contributed by atoms with Gasteiger partial charge in [-0.15, -0.1) is 0 Å². The Balaban J connectivity index is 2.64. The summed E-state index contributed by atoms with van der Waals surface area (Å²) in [7, 11) is 0. The molecule has 0 heterocycles. The van der Waals surface area contributed by atoms with Gasteiger partial charge in [-0.25, -0.2) is 0 Å². The first-order valence-corrected chi connectivity index (χ1v) is 6.95. The Hall–Kier alpha value is -2.08. The number of nitrogens with two attached hydrogens (primary N) is 1. The molecule has 116 valence electrons. The number of para-hydroxylation sites is 1. The highest BCUT2D eigenvalue weighted by Gasteiger charge is 2.14. The van der Waals surface area contributed by atoms with Crippen LogP contribution in [0.1, 0.15) is 32.4 Å². The maximum absolute atomic E-state index is 11.8. The highest BCUT2D eigenvalue weighted by atomic mass is 16.5. The van der Waals surface area contributed by atoms with Crippen LogP contribution in [-0.4, -0.2) is 31.0 Å². The highest BCUT2D eigenvalue weighted by molar-refractivity contribution is 5.85. The Labute approximate surface area is 125 Å². The third-order valence-corrected chi connectivity index (χ3v) is 2.76. The third-order valence-electron chi connectivity index (χ3n) is 2.76. The minimum absolute atomic E-state index is 0.0536. The molecule has 0 aliphatic carbocycles. The van der Waals surface area contributed by atoms with Gasteiger partial charge in [0.25, 0.3) is 0 Å². The second-order valence-electron chi connectivity index (χ2n) is 4.97. The minimum Gasteiger partial charge on any atom is -0.491 e. The van der Waals surface area contributed by atoms with Crippen LogP contribution in [0.4, 0.5) is 0 Å². The first-order valence-electron chi connectivity index (χ1n) is 6.95. The van der Waals surface area contributed by atoms with E-state index in [9.17, 15) is 9.59 Å². The van der Waals surface area contributed by atoms with Crippen LogP contribution in [0, 0.1) is 0 Å². The van der Waals surface area contributed by atoms with Crippen molar-refractivity contribution in [2.75, 3.05) is 13.1 Å². The fraction of sp³-hybridized carbons (Fsp3) is 0.467. The van der Waals surface area contributed by atoms with E-state index in [2.05, 4.69) is 10.6 Å². The van der Waals surface area contributed by atoms with Crippen LogP contribution >= 0.6 is 0 Å². The molecule has 0 aliphatic heterocycles. The lowest BCUT2D eigenvalue weighted by molar-refractivity contribution is -0.125. The second-order valence-corrected chi connectivity index (χ2v) is 4.97. The van der Waals surface area contributed by atoms with Gasteiger partial charge < -0.3 is 21.1 Å². The van der Waals surface area contributed by atoms with Crippen molar-refractivity contribution < 1.29 is 14.3 Å². The molecule has 0 aliphatic rings. The van der Waals surface area contributed by atoms with Crippen LogP contribution in [0.3, 0.4) is 0 Å². The Bertz CT molecular complexity index is 489. The van der Waals surface area contributed by atoms with Gasteiger partial charge in [-0.05, 0) is 26.8 Å². The van der Waals surface area contributed by atoms with Crippen LogP contribution in [0.5, 0.6) is 5.75 Å². The van der Waals surface area contributed by atoms with Gasteiger partial charge >= 0.3 is 0 Å². The predicted molar refractivity (Wildman–Crippen MR) is 80.8 cm³/mol. The SMILES string of the molecule is CC(C)Oc1ccccc1C(C)NC(=O)CNC(=O)CN. The molecule has 1 rings (SSSR count). The average molecular weight is 293 g/mol. The maximum atomic E-state index is 11.8. The Morgan fingerprint density at radius 1 is 1.19 bits per heavy atom. The molecule has 6 nitrogen and oxygen atoms in total. The molecule has 0 spiro atoms. The van der Waals surface area contributed by atoms with Gasteiger partial charge in [-0.3, -0.25) is 9.59 Å². The summed E-state index contributed by atoms with van der Waals surface area (Å²) in [5, 5.41) is 5.24. The number of carbonyl (C=O) groups is 2. The molecule has 0 aromatic heterocycles. The molecule has 0 saturated heterocycles. The van der Waals surface area contributed by atoms with Gasteiger partial charge in [0, 0.05) is 5.56 Å². The van der Waals surface area contributed by atoms with Crippen molar-refractivity contribution in [2.45, 2.75) is 32.9 Å². The Morgan fingerprint density at radius 3 is 2.48 bits per heavy atom. The van der Waals surface area contributed by atoms with E-state index in [1.807, 2.05) is 45.0 Å². The summed E-state index contributed by atoms with van der Waals surface area (Å²) in [5.41, 5.74) is 6.05. The number of nitrogens with one attached hydrogen (secondary N) is 2. The van der Waals surface area contributed by atoms with Crippen molar-refractivity contribution in [2.24, 2.45) is 5.73 Å². The van der Waals surface area contributed by atoms with Crippen LogP contribution in [0.15, 0.2) is 24.3 Å². The zero-order chi connectivity index (χ0) is 15.8. The van der Waals surface area contributed by atoms with E-state index < -0.39 is 0 Å². The number of benzene rings is 1. The summed E-state index contributed by atoms with van der Waals surface area (Å²) in [6.07, 6.45) is 0.0536. The molecule has 1 unspecified atom stereocenters. The van der Waals surface area contributed by atoms with Crippen molar-refractivity contribution in [3.63, 3.8) is 0 Å². The molecule has 0 radical (unpaired) electrons. The Kier molecular flexibility index (Phi) is 6.68. The van der Waals surface area contributed by atoms with Crippen molar-refractivity contribution >= 4 is 11.8 Å². The largest absolute Gasteiger partial charge is 0.491 e. The monoisotopic (exact) mass is 293 g/mol. The van der Waals surface area contributed by atoms with E-state index in [4.69, 9.17) is 10.5 Å². The summed E-state index contributed by atoms with van der Waals surface area (Å²) in [4.78, 5) is 22.8. The van der Waals surface area contributed by atoms with Gasteiger partial charge in [-0.2, -0.15) is 0 Å². The molecule has 6 heteroatoms. The molecular weight excluding hydrogens is 270 g/mol. The summed E-state index contributed by atoms with van der Waals surface area (Å²) in [6, 6.07) is 7.33. The zero-order valence-electron chi connectivity index (χ0n) is 12.7. The first-order chi connectivity index (χ1) is 9.93. The van der Waals surface area contributed by atoms with E-state index in [0.717, 1.165) is 11.3 Å². The molecule has 21 heavy (non-hydrogen) atoms. The third kappa shape index (κ3) is 5.83. The van der Waals surface area contributed by atoms with Crippen LogP contribution < -0.4 is 21.1 Å². The number of ether oxygens (including phenoxy) is 1. The van der Waals surface area contributed by atoms with E-state index in [-0.39, 0.29) is 37.0 Å². The van der Waals surface area contributed by atoms with Crippen LogP contribution in [0.25, 0.3) is 0 Å². The standard InChI is InChI=1S/C15H23N3O3/c1-10(2)21-13-7-5-4-6-12(13)11(3)18-15(20)9-17-14(19)8-16/h4-7,10-11H,8-9,16H2,1-3H3,(H,17,19)(H,18,20). The van der Waals surface area contributed by atoms with Gasteiger partial charge in [0.2, 0.25) is 11.8 Å². The van der Waals surface area contributed by atoms with Gasteiger partial charge in [-0.1, -0.05) is 18.2 Å². The van der Waals surface area contributed by atoms with Crippen molar-refractivity contribution in [1.82, 2.24) is 10.6 Å². The minimum atomic E-state index is -0.360. The summed E-state index contributed by atoms with van der Waals surface area (Å²) < 4.78 is 5.73. The van der Waals surface area contributed by atoms with Crippen LogP contribution in [-0.2, 0) is 9.59 Å². The molecule has 1 aromatic carbocycles. The van der Waals surface area contributed by atoms with Crippen molar-refractivity contribution in [1.29, 1.82) is 0 Å². The molecule has 1 atom stereocenters. The molecule has 1 aromatic rings. The quantitative estimate of drug-likeness (QED) is 0.691. The lowest BCUT2D eigenvalue weighted by Gasteiger charge is -2.20. The lowest BCUT2D eigenvalue weighted by atomic mass is 10.1. The summed E-state index contributed by atoms with van der Waals surface area (Å²) >= 11 is 0. The van der Waals surface area contributed by atoms with Gasteiger partial charge in [0.15, 0.2) is 0 Å². The second kappa shape index (κ2) is 8.26. The maximum Gasteiger partial charge on any atom is 0.239 e. The smallest absolute Gasteiger partial charge is 0.239 e. The molecular formula is C15H23N3O3. The topological polar surface area (TPSA) is 93.5 Å². The molecule has 0 saturated carbocycles. The van der Waals surface area contributed by atoms with Crippen LogP contribution in [0.2, 0.25) is 0 Å². The number of carbonyl (C=O) groups excluding carboxylic acids is 2. The summed E-state index contributed by atoms with van der Waals surface area (Å²) in [5.74, 6) is 0.108. The normalized spacial score (nSPS) is 11.9. The molecule has 2 amide bonds. The van der Waals surface area contributed by atoms with Gasteiger partial charge in [0.1, 0.15) is 5.75 Å². The van der Waals surface area contributed by atoms with E-state index in [1.54, 1.807) is 0 Å². The fourth-order valence-corrected chi connectivity index (χ4v) is 1.82. The number of amides is 2. The Morgan fingerprint density at radius 2 is 1.86 bits per heavy atom. The van der Waals surface area contributed by atoms with Crippen molar-refractivity contribution in [3.8, 4) is 5.75 Å². The van der Waals surface area contributed by atoms with Crippen molar-refractivity contribution in [3.05, 3.63) is 29.8 Å². The number of hydrogen-bond donors (Lipinski definition) is 3. The fourth-order valence-electron chi connectivity index (χ4n) is 1.82. The summed E-state index contributed by atoms with van der Waals surface area (Å²) in [6.45, 7) is 5.54.